The van der Waals surface area contributed by atoms with Gasteiger partial charge in [0.2, 0.25) is 0 Å². The van der Waals surface area contributed by atoms with Crippen molar-refractivity contribution in [3.05, 3.63) is 36.1 Å². The first-order valence-electron chi connectivity index (χ1n) is 6.69. The summed E-state index contributed by atoms with van der Waals surface area (Å²) in [5, 5.41) is 9.23. The molecular formula is C16H28O. The van der Waals surface area contributed by atoms with E-state index < -0.39 is 0 Å². The van der Waals surface area contributed by atoms with Crippen LogP contribution in [0.3, 0.4) is 0 Å². The lowest BCUT2D eigenvalue weighted by Gasteiger charge is -2.18. The molecule has 0 fully saturated rings. The Morgan fingerprint density at radius 3 is 2.18 bits per heavy atom. The molecule has 0 rings (SSSR count). The van der Waals surface area contributed by atoms with Crippen molar-refractivity contribution < 1.29 is 5.11 Å². The molecule has 0 spiro atoms. The molecule has 0 heterocycles. The predicted molar refractivity (Wildman–Crippen MR) is 77.1 cm³/mol. The quantitative estimate of drug-likeness (QED) is 0.441. The van der Waals surface area contributed by atoms with Gasteiger partial charge in [0.25, 0.3) is 0 Å². The van der Waals surface area contributed by atoms with E-state index in [2.05, 4.69) is 40.9 Å². The molecule has 98 valence electrons. The Morgan fingerprint density at radius 1 is 1.18 bits per heavy atom. The van der Waals surface area contributed by atoms with E-state index in [1.165, 1.54) is 19.3 Å². The minimum absolute atomic E-state index is 0.122. The van der Waals surface area contributed by atoms with E-state index in [0.29, 0.717) is 5.92 Å². The van der Waals surface area contributed by atoms with Crippen LogP contribution >= 0.6 is 0 Å². The normalized spacial score (nSPS) is 15.4. The van der Waals surface area contributed by atoms with Crippen molar-refractivity contribution in [1.82, 2.24) is 0 Å². The number of allylic oxidation sites excluding steroid dienone is 3. The van der Waals surface area contributed by atoms with E-state index in [1.807, 2.05) is 0 Å². The molecule has 0 aliphatic rings. The van der Waals surface area contributed by atoms with Crippen LogP contribution in [0.1, 0.15) is 53.4 Å². The first kappa shape index (κ1) is 16.0. The average molecular weight is 236 g/mol. The fourth-order valence-electron chi connectivity index (χ4n) is 1.85. The number of rotatable bonds is 8. The SMILES string of the molecule is C=C(O)/C=C(/CC)C(=C)C(C)CCC(C)CC. The van der Waals surface area contributed by atoms with Crippen LogP contribution in [0.2, 0.25) is 0 Å². The van der Waals surface area contributed by atoms with E-state index in [4.69, 9.17) is 0 Å². The second-order valence-electron chi connectivity index (χ2n) is 5.03. The Balaban J connectivity index is 4.42. The molecule has 0 aromatic heterocycles. The van der Waals surface area contributed by atoms with E-state index in [-0.39, 0.29) is 5.76 Å². The lowest BCUT2D eigenvalue weighted by atomic mass is 9.87. The Hall–Kier alpha value is -0.980. The van der Waals surface area contributed by atoms with Gasteiger partial charge >= 0.3 is 0 Å². The summed E-state index contributed by atoms with van der Waals surface area (Å²) in [5.41, 5.74) is 2.26. The first-order chi connectivity index (χ1) is 7.92. The van der Waals surface area contributed by atoms with Crippen molar-refractivity contribution in [2.75, 3.05) is 0 Å². The van der Waals surface area contributed by atoms with Gasteiger partial charge < -0.3 is 5.11 Å². The van der Waals surface area contributed by atoms with E-state index in [9.17, 15) is 5.11 Å². The van der Waals surface area contributed by atoms with Gasteiger partial charge in [-0.05, 0) is 41.9 Å². The molecule has 0 aromatic carbocycles. The van der Waals surface area contributed by atoms with Crippen LogP contribution < -0.4 is 0 Å². The van der Waals surface area contributed by atoms with Crippen LogP contribution in [0.25, 0.3) is 0 Å². The van der Waals surface area contributed by atoms with Gasteiger partial charge in [0.15, 0.2) is 0 Å². The zero-order valence-corrected chi connectivity index (χ0v) is 11.9. The maximum Gasteiger partial charge on any atom is 0.108 e. The molecular weight excluding hydrogens is 208 g/mol. The average Bonchev–Trinajstić information content (AvgIpc) is 2.31. The summed E-state index contributed by atoms with van der Waals surface area (Å²) in [4.78, 5) is 0. The molecule has 0 saturated heterocycles. The van der Waals surface area contributed by atoms with Crippen LogP contribution in [0.4, 0.5) is 0 Å². The number of hydrogen-bond donors (Lipinski definition) is 1. The second-order valence-corrected chi connectivity index (χ2v) is 5.03. The third kappa shape index (κ3) is 6.35. The molecule has 1 heteroatoms. The minimum atomic E-state index is 0.122. The highest BCUT2D eigenvalue weighted by Gasteiger charge is 2.11. The van der Waals surface area contributed by atoms with E-state index >= 15 is 0 Å². The monoisotopic (exact) mass is 236 g/mol. The maximum absolute atomic E-state index is 9.23. The summed E-state index contributed by atoms with van der Waals surface area (Å²) < 4.78 is 0. The Labute approximate surface area is 107 Å². The summed E-state index contributed by atoms with van der Waals surface area (Å²) >= 11 is 0. The largest absolute Gasteiger partial charge is 0.509 e. The van der Waals surface area contributed by atoms with Crippen molar-refractivity contribution in [3.63, 3.8) is 0 Å². The van der Waals surface area contributed by atoms with Crippen LogP contribution in [-0.2, 0) is 0 Å². The predicted octanol–water partition coefficient (Wildman–Crippen LogP) is 5.41. The fraction of sp³-hybridized carbons (Fsp3) is 0.625. The summed E-state index contributed by atoms with van der Waals surface area (Å²) in [7, 11) is 0. The minimum Gasteiger partial charge on any atom is -0.509 e. The van der Waals surface area contributed by atoms with Gasteiger partial charge in [0, 0.05) is 0 Å². The van der Waals surface area contributed by atoms with Gasteiger partial charge in [-0.15, -0.1) is 0 Å². The molecule has 0 aromatic rings. The lowest BCUT2D eigenvalue weighted by Crippen LogP contribution is -2.04. The van der Waals surface area contributed by atoms with Gasteiger partial charge in [-0.2, -0.15) is 0 Å². The van der Waals surface area contributed by atoms with E-state index in [1.54, 1.807) is 6.08 Å². The molecule has 1 N–H and O–H groups in total. The molecule has 0 saturated carbocycles. The van der Waals surface area contributed by atoms with Crippen molar-refractivity contribution in [3.8, 4) is 0 Å². The van der Waals surface area contributed by atoms with Crippen LogP contribution in [0.15, 0.2) is 36.1 Å². The zero-order valence-electron chi connectivity index (χ0n) is 11.9. The Morgan fingerprint density at radius 2 is 1.76 bits per heavy atom. The molecule has 1 nitrogen and oxygen atoms in total. The van der Waals surface area contributed by atoms with Crippen molar-refractivity contribution in [1.29, 1.82) is 0 Å². The van der Waals surface area contributed by atoms with Gasteiger partial charge in [0.1, 0.15) is 5.76 Å². The number of aliphatic hydroxyl groups excluding tert-OH is 1. The summed E-state index contributed by atoms with van der Waals surface area (Å²) in [5.74, 6) is 1.39. The van der Waals surface area contributed by atoms with Crippen LogP contribution in [-0.4, -0.2) is 5.11 Å². The van der Waals surface area contributed by atoms with Crippen molar-refractivity contribution in [2.24, 2.45) is 11.8 Å². The van der Waals surface area contributed by atoms with Gasteiger partial charge in [-0.25, -0.2) is 0 Å². The molecule has 0 bridgehead atoms. The van der Waals surface area contributed by atoms with Gasteiger partial charge in [-0.1, -0.05) is 53.7 Å². The zero-order chi connectivity index (χ0) is 13.4. The lowest BCUT2D eigenvalue weighted by molar-refractivity contribution is 0.433. The second kappa shape index (κ2) is 8.16. The molecule has 2 atom stereocenters. The molecule has 2 unspecified atom stereocenters. The van der Waals surface area contributed by atoms with Crippen molar-refractivity contribution >= 4 is 0 Å². The smallest absolute Gasteiger partial charge is 0.108 e. The van der Waals surface area contributed by atoms with Crippen LogP contribution in [0, 0.1) is 11.8 Å². The van der Waals surface area contributed by atoms with E-state index in [0.717, 1.165) is 23.5 Å². The molecule has 0 amide bonds. The maximum atomic E-state index is 9.23. The standard InChI is InChI=1S/C16H28O/c1-7-12(3)9-10-13(4)15(6)16(8-2)11-14(5)17/h11-13,17H,5-10H2,1-4H3/b16-11-. The summed E-state index contributed by atoms with van der Waals surface area (Å²) in [6.07, 6.45) is 6.29. The van der Waals surface area contributed by atoms with Gasteiger partial charge in [-0.3, -0.25) is 0 Å². The Kier molecular flexibility index (Phi) is 7.69. The molecule has 0 aliphatic heterocycles. The molecule has 0 radical (unpaired) electrons. The highest BCUT2D eigenvalue weighted by atomic mass is 16.3. The summed E-state index contributed by atoms with van der Waals surface area (Å²) in [6.45, 7) is 16.5. The number of aliphatic hydroxyl groups is 1. The van der Waals surface area contributed by atoms with Gasteiger partial charge in [0.05, 0.1) is 0 Å². The molecule has 17 heavy (non-hydrogen) atoms. The first-order valence-corrected chi connectivity index (χ1v) is 6.69. The third-order valence-electron chi connectivity index (χ3n) is 3.52. The molecule has 0 aliphatic carbocycles. The highest BCUT2D eigenvalue weighted by molar-refractivity contribution is 5.33. The fourth-order valence-corrected chi connectivity index (χ4v) is 1.85. The Bertz CT molecular complexity index is 286. The summed E-state index contributed by atoms with van der Waals surface area (Å²) in [6, 6.07) is 0. The van der Waals surface area contributed by atoms with Crippen molar-refractivity contribution in [2.45, 2.75) is 53.4 Å². The third-order valence-corrected chi connectivity index (χ3v) is 3.52. The van der Waals surface area contributed by atoms with Crippen LogP contribution in [0.5, 0.6) is 0 Å². The topological polar surface area (TPSA) is 20.2 Å². The highest BCUT2D eigenvalue weighted by Crippen LogP contribution is 2.26. The number of hydrogen-bond acceptors (Lipinski definition) is 1.